The van der Waals surface area contributed by atoms with Crippen LogP contribution in [0.5, 0.6) is 0 Å². The van der Waals surface area contributed by atoms with E-state index in [0.717, 1.165) is 11.3 Å². The molecule has 0 saturated heterocycles. The fraction of sp³-hybridized carbons (Fsp3) is 0.211. The standard InChI is InChI=1S/C19H18N2O3S/c1-2-11-21-18(22)13-24-19(23)15-8-4-6-10-17(15)25-16-9-5-3-7-14(16)12-20/h3-10H,2,11,13H2,1H3,(H,21,22). The molecule has 1 amide bonds. The van der Waals surface area contributed by atoms with Crippen molar-refractivity contribution in [3.63, 3.8) is 0 Å². The fourth-order valence-electron chi connectivity index (χ4n) is 2.02. The van der Waals surface area contributed by atoms with E-state index in [1.807, 2.05) is 25.1 Å². The number of amides is 1. The highest BCUT2D eigenvalue weighted by molar-refractivity contribution is 7.99. The topological polar surface area (TPSA) is 79.2 Å². The molecule has 0 atom stereocenters. The Morgan fingerprint density at radius 3 is 2.52 bits per heavy atom. The van der Waals surface area contributed by atoms with Crippen molar-refractivity contribution in [2.24, 2.45) is 0 Å². The quantitative estimate of drug-likeness (QED) is 0.771. The average Bonchev–Trinajstić information content (AvgIpc) is 2.65. The van der Waals surface area contributed by atoms with Gasteiger partial charge in [-0.1, -0.05) is 43.0 Å². The molecule has 6 heteroatoms. The highest BCUT2D eigenvalue weighted by Crippen LogP contribution is 2.32. The highest BCUT2D eigenvalue weighted by atomic mass is 32.2. The van der Waals surface area contributed by atoms with Gasteiger partial charge in [-0.15, -0.1) is 0 Å². The van der Waals surface area contributed by atoms with Gasteiger partial charge in [-0.25, -0.2) is 4.79 Å². The molecule has 0 fully saturated rings. The van der Waals surface area contributed by atoms with E-state index >= 15 is 0 Å². The molecule has 0 heterocycles. The van der Waals surface area contributed by atoms with Gasteiger partial charge in [0, 0.05) is 16.3 Å². The first-order chi connectivity index (χ1) is 12.2. The second-order valence-corrected chi connectivity index (χ2v) is 6.22. The SMILES string of the molecule is CCCNC(=O)COC(=O)c1ccccc1Sc1ccccc1C#N. The van der Waals surface area contributed by atoms with Crippen molar-refractivity contribution in [1.29, 1.82) is 5.26 Å². The molecular formula is C19H18N2O3S. The summed E-state index contributed by atoms with van der Waals surface area (Å²) in [5.41, 5.74) is 0.901. The Morgan fingerprint density at radius 1 is 1.12 bits per heavy atom. The lowest BCUT2D eigenvalue weighted by Gasteiger charge is -2.10. The first kappa shape index (κ1) is 18.6. The second-order valence-electron chi connectivity index (χ2n) is 5.13. The molecule has 0 aliphatic heterocycles. The molecule has 0 aromatic heterocycles. The number of carbonyl (C=O) groups excluding carboxylic acids is 2. The van der Waals surface area contributed by atoms with Crippen LogP contribution in [0.1, 0.15) is 29.3 Å². The number of benzene rings is 2. The van der Waals surface area contributed by atoms with Gasteiger partial charge < -0.3 is 10.1 Å². The van der Waals surface area contributed by atoms with Crippen molar-refractivity contribution in [2.75, 3.05) is 13.2 Å². The second kappa shape index (κ2) is 9.50. The van der Waals surface area contributed by atoms with Crippen molar-refractivity contribution >= 4 is 23.6 Å². The van der Waals surface area contributed by atoms with Crippen LogP contribution >= 0.6 is 11.8 Å². The van der Waals surface area contributed by atoms with Crippen LogP contribution in [0.4, 0.5) is 0 Å². The van der Waals surface area contributed by atoms with Gasteiger partial charge >= 0.3 is 5.97 Å². The van der Waals surface area contributed by atoms with Crippen molar-refractivity contribution in [1.82, 2.24) is 5.32 Å². The maximum atomic E-state index is 12.3. The molecule has 0 aliphatic carbocycles. The van der Waals surface area contributed by atoms with E-state index in [1.54, 1.807) is 30.3 Å². The summed E-state index contributed by atoms with van der Waals surface area (Å²) in [4.78, 5) is 25.3. The summed E-state index contributed by atoms with van der Waals surface area (Å²) in [6.07, 6.45) is 0.817. The Balaban J connectivity index is 2.11. The van der Waals surface area contributed by atoms with E-state index in [9.17, 15) is 14.9 Å². The van der Waals surface area contributed by atoms with E-state index in [4.69, 9.17) is 4.74 Å². The summed E-state index contributed by atoms with van der Waals surface area (Å²) < 4.78 is 5.09. The third-order valence-electron chi connectivity index (χ3n) is 3.24. The van der Waals surface area contributed by atoms with Crippen LogP contribution in [-0.2, 0) is 9.53 Å². The lowest BCUT2D eigenvalue weighted by Crippen LogP contribution is -2.29. The smallest absolute Gasteiger partial charge is 0.339 e. The molecule has 0 unspecified atom stereocenters. The minimum Gasteiger partial charge on any atom is -0.452 e. The Bertz CT molecular complexity index is 799. The van der Waals surface area contributed by atoms with Gasteiger partial charge in [-0.2, -0.15) is 5.26 Å². The highest BCUT2D eigenvalue weighted by Gasteiger charge is 2.15. The molecule has 0 spiro atoms. The minimum atomic E-state index is -0.566. The van der Waals surface area contributed by atoms with Crippen molar-refractivity contribution in [3.05, 3.63) is 59.7 Å². The van der Waals surface area contributed by atoms with Crippen LogP contribution in [-0.4, -0.2) is 25.0 Å². The fourth-order valence-corrected chi connectivity index (χ4v) is 3.03. The van der Waals surface area contributed by atoms with Crippen molar-refractivity contribution in [3.8, 4) is 6.07 Å². The Labute approximate surface area is 151 Å². The summed E-state index contributed by atoms with van der Waals surface area (Å²) in [5.74, 6) is -0.889. The van der Waals surface area contributed by atoms with Gasteiger partial charge in [-0.3, -0.25) is 4.79 Å². The van der Waals surface area contributed by atoms with Crippen LogP contribution in [0.25, 0.3) is 0 Å². The summed E-state index contributed by atoms with van der Waals surface area (Å²) >= 11 is 1.32. The molecule has 2 aromatic carbocycles. The van der Waals surface area contributed by atoms with Gasteiger partial charge in [0.25, 0.3) is 5.91 Å². The van der Waals surface area contributed by atoms with Gasteiger partial charge in [0.15, 0.2) is 6.61 Å². The number of rotatable bonds is 7. The number of hydrogen-bond donors (Lipinski definition) is 1. The predicted octanol–water partition coefficient (Wildman–Crippen LogP) is 3.39. The van der Waals surface area contributed by atoms with Gasteiger partial charge in [0.1, 0.15) is 6.07 Å². The average molecular weight is 354 g/mol. The van der Waals surface area contributed by atoms with Crippen molar-refractivity contribution in [2.45, 2.75) is 23.1 Å². The number of nitrogens with one attached hydrogen (secondary N) is 1. The number of ether oxygens (including phenoxy) is 1. The predicted molar refractivity (Wildman–Crippen MR) is 95.3 cm³/mol. The van der Waals surface area contributed by atoms with E-state index in [1.165, 1.54) is 11.8 Å². The van der Waals surface area contributed by atoms with E-state index in [0.29, 0.717) is 22.6 Å². The maximum absolute atomic E-state index is 12.3. The first-order valence-corrected chi connectivity index (χ1v) is 8.67. The van der Waals surface area contributed by atoms with Crippen LogP contribution in [0, 0.1) is 11.3 Å². The molecule has 0 bridgehead atoms. The minimum absolute atomic E-state index is 0.313. The Kier molecular flexibility index (Phi) is 7.05. The molecule has 0 radical (unpaired) electrons. The zero-order chi connectivity index (χ0) is 18.1. The number of nitriles is 1. The lowest BCUT2D eigenvalue weighted by atomic mass is 10.2. The summed E-state index contributed by atoms with van der Waals surface area (Å²) in [5, 5.41) is 11.8. The van der Waals surface area contributed by atoms with Crippen LogP contribution in [0.3, 0.4) is 0 Å². The van der Waals surface area contributed by atoms with Crippen LogP contribution in [0.2, 0.25) is 0 Å². The zero-order valence-corrected chi connectivity index (χ0v) is 14.6. The molecule has 1 N–H and O–H groups in total. The monoisotopic (exact) mass is 354 g/mol. The molecule has 2 aromatic rings. The summed E-state index contributed by atoms with van der Waals surface area (Å²) in [6.45, 7) is 2.18. The van der Waals surface area contributed by atoms with Gasteiger partial charge in [-0.05, 0) is 30.7 Å². The van der Waals surface area contributed by atoms with E-state index in [-0.39, 0.29) is 12.5 Å². The number of esters is 1. The van der Waals surface area contributed by atoms with Crippen LogP contribution in [0.15, 0.2) is 58.3 Å². The third kappa shape index (κ3) is 5.37. The summed E-state index contributed by atoms with van der Waals surface area (Å²) in [6, 6.07) is 16.3. The Hall–Kier alpha value is -2.78. The molecule has 5 nitrogen and oxygen atoms in total. The number of nitrogens with zero attached hydrogens (tertiary/aromatic N) is 1. The zero-order valence-electron chi connectivity index (χ0n) is 13.8. The third-order valence-corrected chi connectivity index (χ3v) is 4.39. The number of hydrogen-bond acceptors (Lipinski definition) is 5. The normalized spacial score (nSPS) is 9.92. The van der Waals surface area contributed by atoms with Gasteiger partial charge in [0.05, 0.1) is 11.1 Å². The molecule has 2 rings (SSSR count). The van der Waals surface area contributed by atoms with E-state index in [2.05, 4.69) is 11.4 Å². The largest absolute Gasteiger partial charge is 0.452 e. The molecule has 128 valence electrons. The molecule has 0 aliphatic rings. The van der Waals surface area contributed by atoms with Crippen LogP contribution < -0.4 is 5.32 Å². The molecule has 25 heavy (non-hydrogen) atoms. The van der Waals surface area contributed by atoms with Gasteiger partial charge in [0.2, 0.25) is 0 Å². The first-order valence-electron chi connectivity index (χ1n) is 7.85. The number of carbonyl (C=O) groups is 2. The summed E-state index contributed by atoms with van der Waals surface area (Å²) in [7, 11) is 0. The molecular weight excluding hydrogens is 336 g/mol. The van der Waals surface area contributed by atoms with E-state index < -0.39 is 5.97 Å². The maximum Gasteiger partial charge on any atom is 0.339 e. The molecule has 0 saturated carbocycles. The Morgan fingerprint density at radius 2 is 1.80 bits per heavy atom. The van der Waals surface area contributed by atoms with Crippen molar-refractivity contribution < 1.29 is 14.3 Å². The lowest BCUT2D eigenvalue weighted by molar-refractivity contribution is -0.124.